The van der Waals surface area contributed by atoms with E-state index in [1.807, 2.05) is 24.3 Å². The summed E-state index contributed by atoms with van der Waals surface area (Å²) >= 11 is 0. The molecule has 168 valence electrons. The van der Waals surface area contributed by atoms with Crippen LogP contribution in [0, 0.1) is 0 Å². The third-order valence-corrected chi connectivity index (χ3v) is 5.52. The Balaban J connectivity index is 1.57. The summed E-state index contributed by atoms with van der Waals surface area (Å²) in [5.41, 5.74) is 3.47. The van der Waals surface area contributed by atoms with Gasteiger partial charge in [-0.15, -0.1) is 0 Å². The van der Waals surface area contributed by atoms with Gasteiger partial charge in [-0.1, -0.05) is 60.7 Å². The number of hydrogen-bond donors (Lipinski definition) is 1. The predicted octanol–water partition coefficient (Wildman–Crippen LogP) is 4.98. The molecule has 3 rings (SSSR count). The van der Waals surface area contributed by atoms with E-state index < -0.39 is 0 Å². The molecule has 32 heavy (non-hydrogen) atoms. The highest BCUT2D eigenvalue weighted by Gasteiger charge is 2.16. The van der Waals surface area contributed by atoms with Crippen LogP contribution in [0.4, 0.5) is 0 Å². The van der Waals surface area contributed by atoms with E-state index in [9.17, 15) is 4.79 Å². The Morgan fingerprint density at radius 1 is 0.812 bits per heavy atom. The lowest BCUT2D eigenvalue weighted by Gasteiger charge is -2.18. The average molecular weight is 434 g/mol. The Hall–Kier alpha value is -3.47. The van der Waals surface area contributed by atoms with E-state index in [1.54, 1.807) is 21.3 Å². The lowest BCUT2D eigenvalue weighted by atomic mass is 9.88. The van der Waals surface area contributed by atoms with Gasteiger partial charge in [0.2, 0.25) is 11.7 Å². The minimum Gasteiger partial charge on any atom is -0.493 e. The third-order valence-electron chi connectivity index (χ3n) is 5.52. The molecule has 3 aromatic carbocycles. The summed E-state index contributed by atoms with van der Waals surface area (Å²) < 4.78 is 16.1. The van der Waals surface area contributed by atoms with Crippen molar-refractivity contribution in [3.8, 4) is 17.2 Å². The maximum Gasteiger partial charge on any atom is 0.220 e. The summed E-state index contributed by atoms with van der Waals surface area (Å²) in [6.45, 7) is 0.614. The zero-order valence-corrected chi connectivity index (χ0v) is 19.0. The van der Waals surface area contributed by atoms with Gasteiger partial charge in [0.05, 0.1) is 21.3 Å². The first-order chi connectivity index (χ1) is 15.7. The van der Waals surface area contributed by atoms with Crippen LogP contribution in [0.5, 0.6) is 17.2 Å². The molecule has 3 aromatic rings. The molecule has 5 nitrogen and oxygen atoms in total. The van der Waals surface area contributed by atoms with Crippen molar-refractivity contribution < 1.29 is 19.0 Å². The van der Waals surface area contributed by atoms with Gasteiger partial charge in [-0.05, 0) is 41.7 Å². The van der Waals surface area contributed by atoms with Gasteiger partial charge in [-0.3, -0.25) is 4.79 Å². The molecule has 0 aliphatic carbocycles. The molecule has 0 heterocycles. The number of carbonyl (C=O) groups is 1. The van der Waals surface area contributed by atoms with Crippen LogP contribution < -0.4 is 19.5 Å². The second-order valence-electron chi connectivity index (χ2n) is 7.55. The number of aryl methyl sites for hydroxylation is 1. The fraction of sp³-hybridized carbons (Fsp3) is 0.296. The molecule has 0 saturated carbocycles. The van der Waals surface area contributed by atoms with Gasteiger partial charge in [-0.25, -0.2) is 0 Å². The smallest absolute Gasteiger partial charge is 0.220 e. The number of hydrogen-bond acceptors (Lipinski definition) is 4. The van der Waals surface area contributed by atoms with Gasteiger partial charge >= 0.3 is 0 Å². The molecule has 0 atom stereocenters. The topological polar surface area (TPSA) is 56.8 Å². The van der Waals surface area contributed by atoms with E-state index in [-0.39, 0.29) is 11.8 Å². The minimum atomic E-state index is 0.0265. The minimum absolute atomic E-state index is 0.0265. The van der Waals surface area contributed by atoms with Crippen molar-refractivity contribution in [1.82, 2.24) is 5.32 Å². The van der Waals surface area contributed by atoms with Crippen LogP contribution in [-0.2, 0) is 11.2 Å². The van der Waals surface area contributed by atoms with Crippen LogP contribution in [0.15, 0.2) is 72.8 Å². The normalized spacial score (nSPS) is 10.6. The van der Waals surface area contributed by atoms with E-state index in [0.29, 0.717) is 36.6 Å². The van der Waals surface area contributed by atoms with Crippen LogP contribution in [0.3, 0.4) is 0 Å². The summed E-state index contributed by atoms with van der Waals surface area (Å²) in [6.07, 6.45) is 1.81. The Kier molecular flexibility index (Phi) is 8.55. The number of carbonyl (C=O) groups excluding carboxylic acids is 1. The van der Waals surface area contributed by atoms with Crippen molar-refractivity contribution in [2.75, 3.05) is 27.9 Å². The maximum absolute atomic E-state index is 12.5. The van der Waals surface area contributed by atoms with E-state index in [1.165, 1.54) is 11.1 Å². The van der Waals surface area contributed by atoms with E-state index >= 15 is 0 Å². The van der Waals surface area contributed by atoms with Crippen molar-refractivity contribution >= 4 is 5.91 Å². The Morgan fingerprint density at radius 2 is 1.34 bits per heavy atom. The summed E-state index contributed by atoms with van der Waals surface area (Å²) in [7, 11) is 4.75. The van der Waals surface area contributed by atoms with Crippen molar-refractivity contribution in [2.24, 2.45) is 0 Å². The van der Waals surface area contributed by atoms with Crippen LogP contribution in [0.25, 0.3) is 0 Å². The molecule has 0 aliphatic heterocycles. The summed E-state index contributed by atoms with van der Waals surface area (Å²) in [5.74, 6) is 2.01. The average Bonchev–Trinajstić information content (AvgIpc) is 2.85. The maximum atomic E-state index is 12.5. The molecule has 0 unspecified atom stereocenters. The predicted molar refractivity (Wildman–Crippen MR) is 127 cm³/mol. The highest BCUT2D eigenvalue weighted by Crippen LogP contribution is 2.38. The molecule has 0 saturated heterocycles. The molecule has 5 heteroatoms. The van der Waals surface area contributed by atoms with E-state index in [4.69, 9.17) is 14.2 Å². The second-order valence-corrected chi connectivity index (χ2v) is 7.55. The van der Waals surface area contributed by atoms with Crippen molar-refractivity contribution in [1.29, 1.82) is 0 Å². The standard InChI is InChI=1S/C27H31NO4/c1-30-24-18-20(19-25(31-2)27(24)32-3)14-15-26(29)28-17-16-23(21-10-6-4-7-11-21)22-12-8-5-9-13-22/h4-13,18-19,23H,14-17H2,1-3H3,(H,28,29). The van der Waals surface area contributed by atoms with Crippen molar-refractivity contribution in [2.45, 2.75) is 25.2 Å². The fourth-order valence-corrected chi connectivity index (χ4v) is 3.88. The summed E-state index contributed by atoms with van der Waals surface area (Å²) in [5, 5.41) is 3.08. The second kappa shape index (κ2) is 11.8. The number of amides is 1. The van der Waals surface area contributed by atoms with Crippen LogP contribution in [0.1, 0.15) is 35.4 Å². The van der Waals surface area contributed by atoms with Gasteiger partial charge in [0.15, 0.2) is 11.5 Å². The highest BCUT2D eigenvalue weighted by molar-refractivity contribution is 5.76. The van der Waals surface area contributed by atoms with Gasteiger partial charge in [-0.2, -0.15) is 0 Å². The zero-order chi connectivity index (χ0) is 22.8. The molecule has 1 N–H and O–H groups in total. The number of benzene rings is 3. The van der Waals surface area contributed by atoms with Crippen LogP contribution in [-0.4, -0.2) is 33.8 Å². The molecular weight excluding hydrogens is 402 g/mol. The highest BCUT2D eigenvalue weighted by atomic mass is 16.5. The molecule has 0 radical (unpaired) electrons. The first kappa shape index (κ1) is 23.2. The molecule has 0 fully saturated rings. The van der Waals surface area contributed by atoms with Gasteiger partial charge in [0.25, 0.3) is 0 Å². The molecule has 0 aromatic heterocycles. The zero-order valence-electron chi connectivity index (χ0n) is 19.0. The van der Waals surface area contributed by atoms with Gasteiger partial charge in [0.1, 0.15) is 0 Å². The van der Waals surface area contributed by atoms with Gasteiger partial charge < -0.3 is 19.5 Å². The monoisotopic (exact) mass is 433 g/mol. The number of ether oxygens (including phenoxy) is 3. The number of rotatable bonds is 11. The third kappa shape index (κ3) is 6.03. The lowest BCUT2D eigenvalue weighted by Crippen LogP contribution is -2.26. The van der Waals surface area contributed by atoms with Crippen LogP contribution in [0.2, 0.25) is 0 Å². The number of methoxy groups -OCH3 is 3. The lowest BCUT2D eigenvalue weighted by molar-refractivity contribution is -0.121. The quantitative estimate of drug-likeness (QED) is 0.463. The van der Waals surface area contributed by atoms with Crippen molar-refractivity contribution in [3.63, 3.8) is 0 Å². The summed E-state index contributed by atoms with van der Waals surface area (Å²) in [6, 6.07) is 24.6. The molecule has 0 spiro atoms. The molecule has 0 bridgehead atoms. The Labute approximate surface area is 190 Å². The first-order valence-corrected chi connectivity index (χ1v) is 10.8. The number of nitrogens with one attached hydrogen (secondary N) is 1. The summed E-state index contributed by atoms with van der Waals surface area (Å²) in [4.78, 5) is 12.5. The van der Waals surface area contributed by atoms with Crippen molar-refractivity contribution in [3.05, 3.63) is 89.5 Å². The van der Waals surface area contributed by atoms with E-state index in [2.05, 4.69) is 53.8 Å². The Bertz CT molecular complexity index is 925. The molecular formula is C27H31NO4. The fourth-order valence-electron chi connectivity index (χ4n) is 3.88. The molecule has 1 amide bonds. The van der Waals surface area contributed by atoms with Crippen LogP contribution >= 0.6 is 0 Å². The first-order valence-electron chi connectivity index (χ1n) is 10.8. The molecule has 0 aliphatic rings. The van der Waals surface area contributed by atoms with E-state index in [0.717, 1.165) is 12.0 Å². The Morgan fingerprint density at radius 3 is 1.81 bits per heavy atom. The van der Waals surface area contributed by atoms with Gasteiger partial charge in [0, 0.05) is 18.9 Å². The largest absolute Gasteiger partial charge is 0.493 e. The SMILES string of the molecule is COc1cc(CCC(=O)NCCC(c2ccccc2)c2ccccc2)cc(OC)c1OC.